The lowest BCUT2D eigenvalue weighted by Gasteiger charge is -2.27. The topological polar surface area (TPSA) is 76.1 Å². The third-order valence-corrected chi connectivity index (χ3v) is 2.38. The number of ether oxygens (including phenoxy) is 2. The van der Waals surface area contributed by atoms with Crippen LogP contribution in [-0.2, 0) is 14.3 Å². The van der Waals surface area contributed by atoms with Crippen molar-refractivity contribution in [2.75, 3.05) is 13.7 Å². The number of carbonyl (C=O) groups is 2. The Kier molecular flexibility index (Phi) is 5.95. The molecule has 1 heterocycles. The molecule has 0 bridgehead atoms. The molecule has 1 aliphatic heterocycles. The van der Waals surface area contributed by atoms with Gasteiger partial charge in [0.25, 0.3) is 0 Å². The standard InChI is InChI=1S/C11H19NO5.H2S/c1-11(2,3)17-10(15)12-6-7(13)5-8(12)9(14)16-4;/h7-8,13H,5-6H2,1-4H3;1H2/t7?,8-;/m0./s1. The molecule has 0 aromatic rings. The number of rotatable bonds is 1. The SMILES string of the molecule is COC(=O)[C@@H]1CC(O)CN1C(=O)OC(C)(C)C.S. The summed E-state index contributed by atoms with van der Waals surface area (Å²) < 4.78 is 9.76. The van der Waals surface area contributed by atoms with Gasteiger partial charge in [-0.2, -0.15) is 13.5 Å². The smallest absolute Gasteiger partial charge is 0.411 e. The Morgan fingerprint density at radius 1 is 1.33 bits per heavy atom. The van der Waals surface area contributed by atoms with Crippen molar-refractivity contribution >= 4 is 25.6 Å². The second-order valence-electron chi connectivity index (χ2n) is 5.06. The molecule has 6 nitrogen and oxygen atoms in total. The highest BCUT2D eigenvalue weighted by Gasteiger charge is 2.41. The fraction of sp³-hybridized carbons (Fsp3) is 0.818. The van der Waals surface area contributed by atoms with Crippen LogP contribution in [-0.4, -0.2) is 53.5 Å². The molecule has 0 aromatic heterocycles. The minimum absolute atomic E-state index is 0. The molecule has 106 valence electrons. The van der Waals surface area contributed by atoms with Crippen LogP contribution in [0.1, 0.15) is 27.2 Å². The predicted molar refractivity (Wildman–Crippen MR) is 69.7 cm³/mol. The van der Waals surface area contributed by atoms with Crippen molar-refractivity contribution in [1.82, 2.24) is 4.90 Å². The van der Waals surface area contributed by atoms with Crippen molar-refractivity contribution in [3.63, 3.8) is 0 Å². The van der Waals surface area contributed by atoms with E-state index < -0.39 is 29.8 Å². The van der Waals surface area contributed by atoms with Crippen molar-refractivity contribution < 1.29 is 24.2 Å². The number of aliphatic hydroxyl groups is 1. The number of hydrogen-bond donors (Lipinski definition) is 1. The second-order valence-corrected chi connectivity index (χ2v) is 5.06. The van der Waals surface area contributed by atoms with Gasteiger partial charge in [0, 0.05) is 6.42 Å². The molecule has 0 aliphatic carbocycles. The zero-order valence-corrected chi connectivity index (χ0v) is 12.1. The highest BCUT2D eigenvalue weighted by atomic mass is 32.1. The minimum Gasteiger partial charge on any atom is -0.467 e. The number of esters is 1. The van der Waals surface area contributed by atoms with Gasteiger partial charge in [0.05, 0.1) is 19.8 Å². The van der Waals surface area contributed by atoms with E-state index in [-0.39, 0.29) is 26.5 Å². The summed E-state index contributed by atoms with van der Waals surface area (Å²) in [5.41, 5.74) is -0.634. The molecule has 0 spiro atoms. The lowest BCUT2D eigenvalue weighted by molar-refractivity contribution is -0.145. The van der Waals surface area contributed by atoms with E-state index in [1.165, 1.54) is 12.0 Å². The lowest BCUT2D eigenvalue weighted by Crippen LogP contribution is -2.43. The highest BCUT2D eigenvalue weighted by molar-refractivity contribution is 7.59. The first-order valence-corrected chi connectivity index (χ1v) is 5.50. The van der Waals surface area contributed by atoms with Crippen LogP contribution in [0.15, 0.2) is 0 Å². The summed E-state index contributed by atoms with van der Waals surface area (Å²) in [5, 5.41) is 9.50. The van der Waals surface area contributed by atoms with E-state index in [4.69, 9.17) is 4.74 Å². The number of amides is 1. The lowest BCUT2D eigenvalue weighted by atomic mass is 10.2. The maximum absolute atomic E-state index is 11.8. The number of likely N-dealkylation sites (tertiary alicyclic amines) is 1. The fourth-order valence-electron chi connectivity index (χ4n) is 1.70. The zero-order chi connectivity index (χ0) is 13.2. The van der Waals surface area contributed by atoms with Gasteiger partial charge in [-0.1, -0.05) is 0 Å². The summed E-state index contributed by atoms with van der Waals surface area (Å²) in [6.07, 6.45) is -1.14. The molecular weight excluding hydrogens is 258 g/mol. The normalized spacial score (nSPS) is 23.3. The molecule has 1 rings (SSSR count). The Morgan fingerprint density at radius 3 is 2.33 bits per heavy atom. The van der Waals surface area contributed by atoms with E-state index in [1.807, 2.05) is 0 Å². The van der Waals surface area contributed by atoms with E-state index in [9.17, 15) is 14.7 Å². The van der Waals surface area contributed by atoms with Crippen LogP contribution < -0.4 is 0 Å². The molecule has 0 aromatic carbocycles. The van der Waals surface area contributed by atoms with E-state index in [2.05, 4.69) is 4.74 Å². The summed E-state index contributed by atoms with van der Waals surface area (Å²) in [6, 6.07) is -0.759. The second kappa shape index (κ2) is 6.29. The molecule has 0 radical (unpaired) electrons. The van der Waals surface area contributed by atoms with Gasteiger partial charge in [-0.05, 0) is 20.8 Å². The molecule has 1 N–H and O–H groups in total. The summed E-state index contributed by atoms with van der Waals surface area (Å²) in [4.78, 5) is 24.5. The van der Waals surface area contributed by atoms with E-state index in [0.717, 1.165) is 0 Å². The van der Waals surface area contributed by atoms with Gasteiger partial charge >= 0.3 is 12.1 Å². The molecule has 1 unspecified atom stereocenters. The summed E-state index contributed by atoms with van der Waals surface area (Å²) in [5.74, 6) is -0.535. The van der Waals surface area contributed by atoms with Crippen LogP contribution in [0.4, 0.5) is 4.79 Å². The molecule has 1 saturated heterocycles. The predicted octanol–water partition coefficient (Wildman–Crippen LogP) is 0.642. The molecule has 1 fully saturated rings. The number of hydrogen-bond acceptors (Lipinski definition) is 5. The average molecular weight is 279 g/mol. The molecule has 1 aliphatic rings. The Hall–Kier alpha value is -0.950. The molecule has 7 heteroatoms. The van der Waals surface area contributed by atoms with Gasteiger partial charge in [-0.25, -0.2) is 9.59 Å². The van der Waals surface area contributed by atoms with Crippen molar-refractivity contribution in [2.45, 2.75) is 44.9 Å². The Balaban J connectivity index is 0.00000289. The zero-order valence-electron chi connectivity index (χ0n) is 11.1. The van der Waals surface area contributed by atoms with Gasteiger partial charge in [0.1, 0.15) is 11.6 Å². The van der Waals surface area contributed by atoms with Gasteiger partial charge in [-0.3, -0.25) is 4.90 Å². The third-order valence-electron chi connectivity index (χ3n) is 2.38. The van der Waals surface area contributed by atoms with Gasteiger partial charge in [-0.15, -0.1) is 0 Å². The number of methoxy groups -OCH3 is 1. The Bertz CT molecular complexity index is 315. The van der Waals surface area contributed by atoms with Crippen LogP contribution in [0.3, 0.4) is 0 Å². The van der Waals surface area contributed by atoms with E-state index in [1.54, 1.807) is 20.8 Å². The first kappa shape index (κ1) is 17.1. The molecule has 2 atom stereocenters. The molecule has 0 saturated carbocycles. The average Bonchev–Trinajstić information content (AvgIpc) is 2.56. The fourth-order valence-corrected chi connectivity index (χ4v) is 1.70. The van der Waals surface area contributed by atoms with E-state index in [0.29, 0.717) is 0 Å². The summed E-state index contributed by atoms with van der Waals surface area (Å²) in [6.45, 7) is 5.31. The molecular formula is C11H21NO5S. The van der Waals surface area contributed by atoms with Crippen LogP contribution in [0.2, 0.25) is 0 Å². The number of β-amino-alcohol motifs (C(OH)–C–C–N with tert-alkyl or cyclic N) is 1. The largest absolute Gasteiger partial charge is 0.467 e. The van der Waals surface area contributed by atoms with Gasteiger partial charge in [0.2, 0.25) is 0 Å². The minimum atomic E-state index is -0.759. The third kappa shape index (κ3) is 4.38. The maximum atomic E-state index is 11.8. The molecule has 18 heavy (non-hydrogen) atoms. The maximum Gasteiger partial charge on any atom is 0.411 e. The number of nitrogens with zero attached hydrogens (tertiary/aromatic N) is 1. The molecule has 1 amide bonds. The quantitative estimate of drug-likeness (QED) is 0.713. The van der Waals surface area contributed by atoms with Crippen LogP contribution in [0.5, 0.6) is 0 Å². The van der Waals surface area contributed by atoms with Crippen LogP contribution in [0.25, 0.3) is 0 Å². The van der Waals surface area contributed by atoms with Gasteiger partial charge in [0.15, 0.2) is 0 Å². The Labute approximate surface area is 114 Å². The summed E-state index contributed by atoms with van der Waals surface area (Å²) in [7, 11) is 1.25. The van der Waals surface area contributed by atoms with Crippen molar-refractivity contribution in [3.05, 3.63) is 0 Å². The van der Waals surface area contributed by atoms with Gasteiger partial charge < -0.3 is 14.6 Å². The van der Waals surface area contributed by atoms with E-state index >= 15 is 0 Å². The summed E-state index contributed by atoms with van der Waals surface area (Å²) >= 11 is 0. The first-order chi connectivity index (χ1) is 7.74. The van der Waals surface area contributed by atoms with Crippen molar-refractivity contribution in [3.8, 4) is 0 Å². The van der Waals surface area contributed by atoms with Crippen LogP contribution >= 0.6 is 13.5 Å². The number of carbonyl (C=O) groups excluding carboxylic acids is 2. The monoisotopic (exact) mass is 279 g/mol. The Morgan fingerprint density at radius 2 is 1.89 bits per heavy atom. The van der Waals surface area contributed by atoms with Crippen LogP contribution in [0, 0.1) is 0 Å². The first-order valence-electron chi connectivity index (χ1n) is 5.50. The number of aliphatic hydroxyl groups excluding tert-OH is 1. The van der Waals surface area contributed by atoms with Crippen molar-refractivity contribution in [2.24, 2.45) is 0 Å². The highest BCUT2D eigenvalue weighted by Crippen LogP contribution is 2.22. The van der Waals surface area contributed by atoms with Crippen molar-refractivity contribution in [1.29, 1.82) is 0 Å².